The van der Waals surface area contributed by atoms with E-state index in [9.17, 15) is 0 Å². The number of fused-ring (bicyclic) bond motifs is 3. The smallest absolute Gasteiger partial charge is 0.213 e. The molecule has 0 aliphatic carbocycles. The highest BCUT2D eigenvalue weighted by Gasteiger charge is 2.41. The SMILES string of the molecule is Cc1ccc(C2=NN3[C@H](C2)c2cc(Cl)ccc2O[C@H]3c2ccc(Cl)cc2)cc1. The van der Waals surface area contributed by atoms with Crippen LogP contribution in [-0.4, -0.2) is 10.7 Å². The molecule has 2 aliphatic heterocycles. The highest BCUT2D eigenvalue weighted by atomic mass is 35.5. The molecule has 28 heavy (non-hydrogen) atoms. The van der Waals surface area contributed by atoms with Crippen LogP contribution >= 0.6 is 23.2 Å². The minimum absolute atomic E-state index is 0.0828. The van der Waals surface area contributed by atoms with Gasteiger partial charge in [0.2, 0.25) is 6.23 Å². The standard InChI is InChI=1S/C23H18Cl2N2O/c1-14-2-4-15(5-3-14)20-13-21-19-12-18(25)10-11-22(19)28-23(27(21)26-20)16-6-8-17(24)9-7-16/h2-12,21,23H,13H2,1H3/t21-,23+/m1/s1. The van der Waals surface area contributed by atoms with Crippen LogP contribution in [0, 0.1) is 6.92 Å². The molecular weight excluding hydrogens is 391 g/mol. The van der Waals surface area contributed by atoms with Gasteiger partial charge in [0.1, 0.15) is 5.75 Å². The van der Waals surface area contributed by atoms with Crippen molar-refractivity contribution in [2.24, 2.45) is 5.10 Å². The molecule has 0 radical (unpaired) electrons. The number of hydrogen-bond donors (Lipinski definition) is 0. The number of nitrogens with zero attached hydrogens (tertiary/aromatic N) is 2. The zero-order valence-electron chi connectivity index (χ0n) is 15.3. The van der Waals surface area contributed by atoms with Gasteiger partial charge in [-0.05, 0) is 42.8 Å². The number of hydrazone groups is 1. The van der Waals surface area contributed by atoms with Crippen molar-refractivity contribution < 1.29 is 4.74 Å². The molecule has 0 unspecified atom stereocenters. The first-order valence-electron chi connectivity index (χ1n) is 9.23. The Labute approximate surface area is 174 Å². The normalized spacial score (nSPS) is 20.2. The summed E-state index contributed by atoms with van der Waals surface area (Å²) < 4.78 is 6.35. The minimum Gasteiger partial charge on any atom is -0.464 e. The van der Waals surface area contributed by atoms with Crippen molar-refractivity contribution in [1.29, 1.82) is 0 Å². The van der Waals surface area contributed by atoms with Crippen molar-refractivity contribution in [3.8, 4) is 5.75 Å². The summed E-state index contributed by atoms with van der Waals surface area (Å²) in [6.07, 6.45) is 0.503. The van der Waals surface area contributed by atoms with Crippen LogP contribution in [0.5, 0.6) is 5.75 Å². The second kappa shape index (κ2) is 6.84. The molecule has 2 atom stereocenters. The molecule has 0 spiro atoms. The van der Waals surface area contributed by atoms with Crippen LogP contribution in [0.1, 0.15) is 40.9 Å². The van der Waals surface area contributed by atoms with Gasteiger partial charge < -0.3 is 4.74 Å². The maximum atomic E-state index is 6.35. The second-order valence-electron chi connectivity index (χ2n) is 7.22. The highest BCUT2D eigenvalue weighted by Crippen LogP contribution is 2.48. The number of benzene rings is 3. The average molecular weight is 409 g/mol. The number of ether oxygens (including phenoxy) is 1. The van der Waals surface area contributed by atoms with E-state index in [-0.39, 0.29) is 12.3 Å². The van der Waals surface area contributed by atoms with Crippen LogP contribution in [0.2, 0.25) is 10.0 Å². The van der Waals surface area contributed by atoms with Crippen LogP contribution in [0.3, 0.4) is 0 Å². The number of rotatable bonds is 2. The summed E-state index contributed by atoms with van der Waals surface area (Å²) in [5.41, 5.74) is 5.52. The first kappa shape index (κ1) is 17.6. The third kappa shape index (κ3) is 3.05. The molecule has 0 saturated heterocycles. The van der Waals surface area contributed by atoms with Gasteiger partial charge >= 0.3 is 0 Å². The van der Waals surface area contributed by atoms with Gasteiger partial charge in [-0.15, -0.1) is 0 Å². The zero-order valence-corrected chi connectivity index (χ0v) is 16.8. The maximum Gasteiger partial charge on any atom is 0.213 e. The summed E-state index contributed by atoms with van der Waals surface area (Å²) in [7, 11) is 0. The van der Waals surface area contributed by atoms with Gasteiger partial charge in [-0.2, -0.15) is 5.10 Å². The zero-order chi connectivity index (χ0) is 19.3. The predicted octanol–water partition coefficient (Wildman–Crippen LogP) is 6.54. The van der Waals surface area contributed by atoms with Crippen LogP contribution in [0.25, 0.3) is 0 Å². The van der Waals surface area contributed by atoms with Crippen molar-refractivity contribution >= 4 is 28.9 Å². The molecule has 140 valence electrons. The average Bonchev–Trinajstić information content (AvgIpc) is 3.14. The van der Waals surface area contributed by atoms with E-state index in [4.69, 9.17) is 33.0 Å². The Morgan fingerprint density at radius 1 is 0.929 bits per heavy atom. The van der Waals surface area contributed by atoms with Gasteiger partial charge in [-0.3, -0.25) is 0 Å². The fourth-order valence-corrected chi connectivity index (χ4v) is 4.13. The Hall–Kier alpha value is -2.49. The van der Waals surface area contributed by atoms with Crippen molar-refractivity contribution in [3.63, 3.8) is 0 Å². The summed E-state index contributed by atoms with van der Waals surface area (Å²) in [6, 6.07) is 22.1. The Bertz CT molecular complexity index is 1060. The first-order valence-corrected chi connectivity index (χ1v) is 9.98. The van der Waals surface area contributed by atoms with Gasteiger partial charge in [0.05, 0.1) is 11.8 Å². The van der Waals surface area contributed by atoms with E-state index in [1.54, 1.807) is 0 Å². The summed E-state index contributed by atoms with van der Waals surface area (Å²) in [6.45, 7) is 2.09. The minimum atomic E-state index is -0.307. The van der Waals surface area contributed by atoms with E-state index in [1.807, 2.05) is 42.5 Å². The molecule has 5 heteroatoms. The van der Waals surface area contributed by atoms with E-state index in [2.05, 4.69) is 36.2 Å². The Morgan fingerprint density at radius 3 is 2.39 bits per heavy atom. The summed E-state index contributed by atoms with van der Waals surface area (Å²) in [5, 5.41) is 8.43. The van der Waals surface area contributed by atoms with Crippen LogP contribution in [0.4, 0.5) is 0 Å². The molecule has 0 bridgehead atoms. The Kier molecular flexibility index (Phi) is 4.30. The lowest BCUT2D eigenvalue weighted by atomic mass is 9.95. The molecule has 5 rings (SSSR count). The van der Waals surface area contributed by atoms with Crippen molar-refractivity contribution in [1.82, 2.24) is 5.01 Å². The van der Waals surface area contributed by atoms with Crippen molar-refractivity contribution in [3.05, 3.63) is 99.0 Å². The molecule has 2 aliphatic rings. The van der Waals surface area contributed by atoms with E-state index in [1.165, 1.54) is 5.56 Å². The summed E-state index contributed by atoms with van der Waals surface area (Å²) in [4.78, 5) is 0. The van der Waals surface area contributed by atoms with Gasteiger partial charge in [0.15, 0.2) is 0 Å². The molecule has 3 nitrogen and oxygen atoms in total. The molecule has 0 aromatic heterocycles. The molecule has 0 amide bonds. The van der Waals surface area contributed by atoms with Crippen LogP contribution < -0.4 is 4.74 Å². The second-order valence-corrected chi connectivity index (χ2v) is 8.09. The van der Waals surface area contributed by atoms with Gasteiger partial charge in [-0.1, -0.05) is 65.2 Å². The Balaban J connectivity index is 1.59. The molecule has 0 saturated carbocycles. The third-order valence-corrected chi connectivity index (χ3v) is 5.78. The topological polar surface area (TPSA) is 24.8 Å². The van der Waals surface area contributed by atoms with Crippen molar-refractivity contribution in [2.45, 2.75) is 25.6 Å². The van der Waals surface area contributed by atoms with Crippen molar-refractivity contribution in [2.75, 3.05) is 0 Å². The lowest BCUT2D eigenvalue weighted by Crippen LogP contribution is -2.33. The number of halogens is 2. The molecule has 3 aromatic rings. The fraction of sp³-hybridized carbons (Fsp3) is 0.174. The van der Waals surface area contributed by atoms with E-state index in [0.29, 0.717) is 10.0 Å². The monoisotopic (exact) mass is 408 g/mol. The third-order valence-electron chi connectivity index (χ3n) is 5.29. The quantitative estimate of drug-likeness (QED) is 0.480. The van der Waals surface area contributed by atoms with Gasteiger partial charge in [0.25, 0.3) is 0 Å². The van der Waals surface area contributed by atoms with E-state index in [0.717, 1.165) is 34.6 Å². The van der Waals surface area contributed by atoms with Crippen LogP contribution in [-0.2, 0) is 0 Å². The molecular formula is C23H18Cl2N2O. The van der Waals surface area contributed by atoms with E-state index >= 15 is 0 Å². The Morgan fingerprint density at radius 2 is 1.64 bits per heavy atom. The van der Waals surface area contributed by atoms with Gasteiger partial charge in [0, 0.05) is 27.6 Å². The molecule has 0 N–H and O–H groups in total. The lowest BCUT2D eigenvalue weighted by Gasteiger charge is -2.38. The summed E-state index contributed by atoms with van der Waals surface area (Å²) >= 11 is 12.4. The fourth-order valence-electron chi connectivity index (χ4n) is 3.83. The molecule has 3 aromatic carbocycles. The molecule has 0 fully saturated rings. The van der Waals surface area contributed by atoms with E-state index < -0.39 is 0 Å². The lowest BCUT2D eigenvalue weighted by molar-refractivity contribution is -0.0190. The number of aryl methyl sites for hydroxylation is 1. The van der Waals surface area contributed by atoms with Gasteiger partial charge in [-0.25, -0.2) is 5.01 Å². The maximum absolute atomic E-state index is 6.35. The van der Waals surface area contributed by atoms with Crippen LogP contribution in [0.15, 0.2) is 71.8 Å². The number of hydrogen-bond acceptors (Lipinski definition) is 3. The first-order chi connectivity index (χ1) is 13.6. The predicted molar refractivity (Wildman–Crippen MR) is 113 cm³/mol. The molecule has 2 heterocycles. The summed E-state index contributed by atoms with van der Waals surface area (Å²) in [5.74, 6) is 0.853. The largest absolute Gasteiger partial charge is 0.464 e. The highest BCUT2D eigenvalue weighted by molar-refractivity contribution is 6.30.